The molecular weight excluding hydrogens is 191 g/mol. The number of ether oxygens (including phenoxy) is 1. The van der Waals surface area contributed by atoms with E-state index in [2.05, 4.69) is 0 Å². The molecule has 0 unspecified atom stereocenters. The molecule has 0 aromatic heterocycles. The highest BCUT2D eigenvalue weighted by Gasteiger charge is 2.14. The standard InChI is InChI=1S/C13H19FO/c1-8(2)10-7-13(15-5)11(9(3)4)6-12(10)14/h6-9H,1-5H3. The van der Waals surface area contributed by atoms with Crippen molar-refractivity contribution in [1.29, 1.82) is 0 Å². The van der Waals surface area contributed by atoms with Gasteiger partial charge in [0.05, 0.1) is 7.11 Å². The van der Waals surface area contributed by atoms with Gasteiger partial charge < -0.3 is 4.74 Å². The van der Waals surface area contributed by atoms with E-state index in [1.165, 1.54) is 0 Å². The van der Waals surface area contributed by atoms with Gasteiger partial charge in [-0.3, -0.25) is 0 Å². The molecule has 0 saturated carbocycles. The summed E-state index contributed by atoms with van der Waals surface area (Å²) in [5, 5.41) is 0. The Morgan fingerprint density at radius 1 is 1.00 bits per heavy atom. The van der Waals surface area contributed by atoms with E-state index in [4.69, 9.17) is 4.74 Å². The average molecular weight is 210 g/mol. The van der Waals surface area contributed by atoms with Crippen LogP contribution in [-0.4, -0.2) is 7.11 Å². The molecule has 0 fully saturated rings. The molecule has 1 aromatic carbocycles. The van der Waals surface area contributed by atoms with Gasteiger partial charge in [0.2, 0.25) is 0 Å². The van der Waals surface area contributed by atoms with E-state index in [9.17, 15) is 4.39 Å². The van der Waals surface area contributed by atoms with Crippen LogP contribution in [0.1, 0.15) is 50.7 Å². The molecule has 0 N–H and O–H groups in total. The average Bonchev–Trinajstić information content (AvgIpc) is 2.16. The summed E-state index contributed by atoms with van der Waals surface area (Å²) < 4.78 is 19.0. The lowest BCUT2D eigenvalue weighted by Gasteiger charge is -2.15. The molecule has 0 atom stereocenters. The molecule has 1 nitrogen and oxygen atoms in total. The summed E-state index contributed by atoms with van der Waals surface area (Å²) in [7, 11) is 1.63. The lowest BCUT2D eigenvalue weighted by molar-refractivity contribution is 0.404. The second-order valence-corrected chi connectivity index (χ2v) is 4.43. The molecule has 0 spiro atoms. The fraction of sp³-hybridized carbons (Fsp3) is 0.538. The third-order valence-electron chi connectivity index (χ3n) is 2.59. The van der Waals surface area contributed by atoms with Crippen molar-refractivity contribution in [3.8, 4) is 5.75 Å². The van der Waals surface area contributed by atoms with Crippen LogP contribution in [0.15, 0.2) is 12.1 Å². The van der Waals surface area contributed by atoms with Gasteiger partial charge in [-0.05, 0) is 35.1 Å². The van der Waals surface area contributed by atoms with E-state index in [0.717, 1.165) is 16.9 Å². The lowest BCUT2D eigenvalue weighted by Crippen LogP contribution is -2.00. The Balaban J connectivity index is 3.29. The van der Waals surface area contributed by atoms with E-state index in [1.54, 1.807) is 13.2 Å². The fourth-order valence-corrected chi connectivity index (χ4v) is 1.65. The molecule has 0 bridgehead atoms. The molecular formula is C13H19FO. The maximum Gasteiger partial charge on any atom is 0.127 e. The van der Waals surface area contributed by atoms with Gasteiger partial charge in [0.15, 0.2) is 0 Å². The largest absolute Gasteiger partial charge is 0.496 e. The summed E-state index contributed by atoms with van der Waals surface area (Å²) in [5.74, 6) is 1.11. The number of hydrogen-bond donors (Lipinski definition) is 0. The molecule has 0 radical (unpaired) electrons. The van der Waals surface area contributed by atoms with E-state index in [-0.39, 0.29) is 17.7 Å². The normalized spacial score (nSPS) is 11.2. The van der Waals surface area contributed by atoms with Crippen molar-refractivity contribution in [3.05, 3.63) is 29.1 Å². The molecule has 0 aliphatic heterocycles. The minimum Gasteiger partial charge on any atom is -0.496 e. The summed E-state index contributed by atoms with van der Waals surface area (Å²) in [5.41, 5.74) is 1.65. The molecule has 0 aliphatic carbocycles. The zero-order valence-corrected chi connectivity index (χ0v) is 10.1. The van der Waals surface area contributed by atoms with Crippen LogP contribution in [0.25, 0.3) is 0 Å². The van der Waals surface area contributed by atoms with Gasteiger partial charge in [0.1, 0.15) is 11.6 Å². The Morgan fingerprint density at radius 2 is 1.53 bits per heavy atom. The number of halogens is 1. The van der Waals surface area contributed by atoms with Gasteiger partial charge in [-0.2, -0.15) is 0 Å². The SMILES string of the molecule is COc1cc(C(C)C)c(F)cc1C(C)C. The van der Waals surface area contributed by atoms with Crippen molar-refractivity contribution in [2.24, 2.45) is 0 Å². The third-order valence-corrected chi connectivity index (χ3v) is 2.59. The summed E-state index contributed by atoms with van der Waals surface area (Å²) in [6.45, 7) is 8.03. The zero-order valence-electron chi connectivity index (χ0n) is 10.1. The summed E-state index contributed by atoms with van der Waals surface area (Å²) in [4.78, 5) is 0. The van der Waals surface area contributed by atoms with Crippen LogP contribution in [0.2, 0.25) is 0 Å². The van der Waals surface area contributed by atoms with Gasteiger partial charge in [-0.15, -0.1) is 0 Å². The van der Waals surface area contributed by atoms with Crippen molar-refractivity contribution in [1.82, 2.24) is 0 Å². The Labute approximate surface area is 91.3 Å². The molecule has 0 heterocycles. The summed E-state index contributed by atoms with van der Waals surface area (Å²) in [6, 6.07) is 3.41. The summed E-state index contributed by atoms with van der Waals surface area (Å²) in [6.07, 6.45) is 0. The summed E-state index contributed by atoms with van der Waals surface area (Å²) >= 11 is 0. The minimum absolute atomic E-state index is 0.130. The predicted molar refractivity (Wildman–Crippen MR) is 61.1 cm³/mol. The smallest absolute Gasteiger partial charge is 0.127 e. The van der Waals surface area contributed by atoms with Crippen molar-refractivity contribution in [3.63, 3.8) is 0 Å². The first-order valence-electron chi connectivity index (χ1n) is 5.34. The molecule has 0 amide bonds. The second kappa shape index (κ2) is 4.65. The highest BCUT2D eigenvalue weighted by molar-refractivity contribution is 5.41. The minimum atomic E-state index is -0.130. The number of rotatable bonds is 3. The predicted octanol–water partition coefficient (Wildman–Crippen LogP) is 4.08. The first-order chi connectivity index (χ1) is 6.97. The maximum absolute atomic E-state index is 13.7. The van der Waals surface area contributed by atoms with Crippen LogP contribution in [-0.2, 0) is 0 Å². The van der Waals surface area contributed by atoms with Crippen LogP contribution in [0, 0.1) is 5.82 Å². The van der Waals surface area contributed by atoms with Crippen LogP contribution >= 0.6 is 0 Å². The number of methoxy groups -OCH3 is 1. The van der Waals surface area contributed by atoms with Gasteiger partial charge >= 0.3 is 0 Å². The van der Waals surface area contributed by atoms with Crippen LogP contribution in [0.5, 0.6) is 5.75 Å². The van der Waals surface area contributed by atoms with Gasteiger partial charge in [0, 0.05) is 0 Å². The van der Waals surface area contributed by atoms with Crippen molar-refractivity contribution >= 4 is 0 Å². The fourth-order valence-electron chi connectivity index (χ4n) is 1.65. The lowest BCUT2D eigenvalue weighted by atomic mass is 9.95. The topological polar surface area (TPSA) is 9.23 Å². The van der Waals surface area contributed by atoms with Crippen LogP contribution in [0.3, 0.4) is 0 Å². The Morgan fingerprint density at radius 3 is 1.93 bits per heavy atom. The maximum atomic E-state index is 13.7. The first-order valence-corrected chi connectivity index (χ1v) is 5.34. The van der Waals surface area contributed by atoms with Gasteiger partial charge in [0.25, 0.3) is 0 Å². The molecule has 15 heavy (non-hydrogen) atoms. The van der Waals surface area contributed by atoms with Crippen molar-refractivity contribution in [2.75, 3.05) is 7.11 Å². The van der Waals surface area contributed by atoms with E-state index < -0.39 is 0 Å². The van der Waals surface area contributed by atoms with Crippen LogP contribution in [0.4, 0.5) is 4.39 Å². The Hall–Kier alpha value is -1.05. The highest BCUT2D eigenvalue weighted by atomic mass is 19.1. The number of hydrogen-bond acceptors (Lipinski definition) is 1. The zero-order chi connectivity index (χ0) is 11.6. The molecule has 1 aromatic rings. The molecule has 1 rings (SSSR count). The van der Waals surface area contributed by atoms with Crippen LogP contribution < -0.4 is 4.74 Å². The van der Waals surface area contributed by atoms with E-state index in [1.807, 2.05) is 33.8 Å². The molecule has 0 aliphatic rings. The monoisotopic (exact) mass is 210 g/mol. The molecule has 2 heteroatoms. The molecule has 84 valence electrons. The van der Waals surface area contributed by atoms with Crippen molar-refractivity contribution in [2.45, 2.75) is 39.5 Å². The quantitative estimate of drug-likeness (QED) is 0.730. The third kappa shape index (κ3) is 2.49. The number of benzene rings is 1. The van der Waals surface area contributed by atoms with Gasteiger partial charge in [-0.1, -0.05) is 27.7 Å². The Bertz CT molecular complexity index is 343. The van der Waals surface area contributed by atoms with E-state index >= 15 is 0 Å². The van der Waals surface area contributed by atoms with Gasteiger partial charge in [-0.25, -0.2) is 4.39 Å². The first kappa shape index (κ1) is 12.0. The second-order valence-electron chi connectivity index (χ2n) is 4.43. The van der Waals surface area contributed by atoms with Crippen molar-refractivity contribution < 1.29 is 9.13 Å². The Kier molecular flexibility index (Phi) is 3.72. The molecule has 0 saturated heterocycles. The highest BCUT2D eigenvalue weighted by Crippen LogP contribution is 2.31. The van der Waals surface area contributed by atoms with E-state index in [0.29, 0.717) is 0 Å².